The number of rotatable bonds is 2. The van der Waals surface area contributed by atoms with E-state index in [9.17, 15) is 0 Å². The highest BCUT2D eigenvalue weighted by atomic mass is 14.7. The van der Waals surface area contributed by atoms with Crippen LogP contribution in [0.2, 0.25) is 0 Å². The highest BCUT2D eigenvalue weighted by Crippen LogP contribution is 2.74. The van der Waals surface area contributed by atoms with Gasteiger partial charge in [-0.3, -0.25) is 0 Å². The summed E-state index contributed by atoms with van der Waals surface area (Å²) in [6.07, 6.45) is 9.24. The molecule has 5 aliphatic carbocycles. The molecule has 0 radical (unpaired) electrons. The molecular formula is C20H24. The first-order valence-electron chi connectivity index (χ1n) is 8.95. The van der Waals surface area contributed by atoms with Gasteiger partial charge < -0.3 is 0 Å². The zero-order valence-corrected chi connectivity index (χ0v) is 12.2. The molecule has 20 heavy (non-hydrogen) atoms. The molecular weight excluding hydrogens is 240 g/mol. The Hall–Kier alpha value is -0.780. The van der Waals surface area contributed by atoms with Crippen LogP contribution in [0.25, 0.3) is 0 Å². The summed E-state index contributed by atoms with van der Waals surface area (Å²) in [4.78, 5) is 0. The van der Waals surface area contributed by atoms with E-state index in [1.807, 2.05) is 0 Å². The molecule has 104 valence electrons. The molecule has 6 unspecified atom stereocenters. The van der Waals surface area contributed by atoms with Crippen LogP contribution in [-0.4, -0.2) is 0 Å². The van der Waals surface area contributed by atoms with Crippen molar-refractivity contribution in [1.82, 2.24) is 0 Å². The SMILES string of the molecule is c1ccc2c(c1)CC(C1CC3C(C4CC5CC5C4)C13)C2. The summed E-state index contributed by atoms with van der Waals surface area (Å²) in [5.74, 6) is 9.22. The van der Waals surface area contributed by atoms with Crippen LogP contribution < -0.4 is 0 Å². The minimum absolute atomic E-state index is 1.01. The van der Waals surface area contributed by atoms with Crippen molar-refractivity contribution in [2.75, 3.05) is 0 Å². The van der Waals surface area contributed by atoms with Crippen molar-refractivity contribution < 1.29 is 0 Å². The summed E-state index contributed by atoms with van der Waals surface area (Å²) in [6.45, 7) is 0. The van der Waals surface area contributed by atoms with Crippen LogP contribution in [0.5, 0.6) is 0 Å². The molecule has 0 aliphatic heterocycles. The van der Waals surface area contributed by atoms with Gasteiger partial charge in [0.2, 0.25) is 0 Å². The van der Waals surface area contributed by atoms with Crippen molar-refractivity contribution in [1.29, 1.82) is 0 Å². The van der Waals surface area contributed by atoms with Crippen LogP contribution in [0.15, 0.2) is 24.3 Å². The first-order chi connectivity index (χ1) is 9.88. The molecule has 1 aromatic carbocycles. The van der Waals surface area contributed by atoms with E-state index in [4.69, 9.17) is 0 Å². The molecule has 0 bridgehead atoms. The van der Waals surface area contributed by atoms with Crippen molar-refractivity contribution in [3.05, 3.63) is 35.4 Å². The van der Waals surface area contributed by atoms with Crippen LogP contribution in [0.4, 0.5) is 0 Å². The third-order valence-electron chi connectivity index (χ3n) is 7.84. The molecule has 6 rings (SSSR count). The van der Waals surface area contributed by atoms with Gasteiger partial charge in [-0.2, -0.15) is 0 Å². The predicted octanol–water partition coefficient (Wildman–Crippen LogP) is 4.33. The van der Waals surface area contributed by atoms with Crippen molar-refractivity contribution in [3.63, 3.8) is 0 Å². The van der Waals surface area contributed by atoms with E-state index in [1.165, 1.54) is 48.3 Å². The molecule has 6 atom stereocenters. The van der Waals surface area contributed by atoms with Crippen LogP contribution in [-0.2, 0) is 12.8 Å². The maximum Gasteiger partial charge on any atom is -0.0242 e. The van der Waals surface area contributed by atoms with Crippen LogP contribution in [0, 0.1) is 47.3 Å². The molecule has 0 saturated heterocycles. The van der Waals surface area contributed by atoms with Gasteiger partial charge in [0, 0.05) is 0 Å². The Kier molecular flexibility index (Phi) is 1.91. The number of hydrogen-bond donors (Lipinski definition) is 0. The highest BCUT2D eigenvalue weighted by molar-refractivity contribution is 5.33. The Labute approximate surface area is 122 Å². The third kappa shape index (κ3) is 1.34. The summed E-state index contributed by atoms with van der Waals surface area (Å²) < 4.78 is 0. The van der Waals surface area contributed by atoms with E-state index in [0.29, 0.717) is 0 Å². The van der Waals surface area contributed by atoms with Gasteiger partial charge in [0.15, 0.2) is 0 Å². The Bertz CT molecular complexity index is 538. The van der Waals surface area contributed by atoms with E-state index in [2.05, 4.69) is 24.3 Å². The fraction of sp³-hybridized carbons (Fsp3) is 0.700. The van der Waals surface area contributed by atoms with Gasteiger partial charge >= 0.3 is 0 Å². The van der Waals surface area contributed by atoms with Gasteiger partial charge in [-0.05, 0) is 97.0 Å². The number of benzene rings is 1. The Morgan fingerprint density at radius 3 is 1.95 bits per heavy atom. The van der Waals surface area contributed by atoms with Crippen molar-refractivity contribution >= 4 is 0 Å². The maximum absolute atomic E-state index is 2.38. The van der Waals surface area contributed by atoms with E-state index in [-0.39, 0.29) is 0 Å². The second-order valence-electron chi connectivity index (χ2n) is 8.64. The van der Waals surface area contributed by atoms with Crippen molar-refractivity contribution in [2.45, 2.75) is 38.5 Å². The van der Waals surface area contributed by atoms with Crippen molar-refractivity contribution in [3.8, 4) is 0 Å². The van der Waals surface area contributed by atoms with Gasteiger partial charge in [-0.1, -0.05) is 24.3 Å². The lowest BCUT2D eigenvalue weighted by molar-refractivity contribution is 0.191. The average Bonchev–Trinajstić information content (AvgIpc) is 3.14. The smallest absolute Gasteiger partial charge is 0.0242 e. The number of fused-ring (bicyclic) bond motifs is 3. The van der Waals surface area contributed by atoms with Gasteiger partial charge in [0.25, 0.3) is 0 Å². The molecule has 0 heteroatoms. The normalized spacial score (nSPS) is 51.1. The lowest BCUT2D eigenvalue weighted by Gasteiger charge is -2.30. The molecule has 0 spiro atoms. The van der Waals surface area contributed by atoms with Gasteiger partial charge in [-0.15, -0.1) is 0 Å². The minimum atomic E-state index is 1.01. The summed E-state index contributed by atoms with van der Waals surface area (Å²) in [5.41, 5.74) is 3.33. The second kappa shape index (κ2) is 3.51. The van der Waals surface area contributed by atoms with E-state index in [1.54, 1.807) is 36.8 Å². The fourth-order valence-corrected chi connectivity index (χ4v) is 6.76. The Morgan fingerprint density at radius 2 is 1.25 bits per heavy atom. The molecule has 4 saturated carbocycles. The van der Waals surface area contributed by atoms with Gasteiger partial charge in [-0.25, -0.2) is 0 Å². The maximum atomic E-state index is 2.38. The topological polar surface area (TPSA) is 0 Å². The van der Waals surface area contributed by atoms with E-state index >= 15 is 0 Å². The average molecular weight is 264 g/mol. The van der Waals surface area contributed by atoms with Crippen molar-refractivity contribution in [2.24, 2.45) is 47.3 Å². The largest absolute Gasteiger partial charge is 0.0620 e. The lowest BCUT2D eigenvalue weighted by atomic mass is 9.74. The van der Waals surface area contributed by atoms with Crippen LogP contribution in [0.3, 0.4) is 0 Å². The Balaban J connectivity index is 1.16. The molecule has 0 N–H and O–H groups in total. The highest BCUT2D eigenvalue weighted by Gasteiger charge is 2.68. The molecule has 1 aromatic rings. The van der Waals surface area contributed by atoms with E-state index in [0.717, 1.165) is 11.8 Å². The summed E-state index contributed by atoms with van der Waals surface area (Å²) in [6, 6.07) is 9.21. The molecule has 4 fully saturated rings. The zero-order valence-electron chi connectivity index (χ0n) is 12.2. The molecule has 0 heterocycles. The summed E-state index contributed by atoms with van der Waals surface area (Å²) in [5, 5.41) is 0. The predicted molar refractivity (Wildman–Crippen MR) is 80.2 cm³/mol. The number of hydrogen-bond acceptors (Lipinski definition) is 0. The monoisotopic (exact) mass is 264 g/mol. The van der Waals surface area contributed by atoms with Gasteiger partial charge in [0.1, 0.15) is 0 Å². The molecule has 0 amide bonds. The summed E-state index contributed by atoms with van der Waals surface area (Å²) >= 11 is 0. The zero-order chi connectivity index (χ0) is 12.8. The molecule has 5 aliphatic rings. The lowest BCUT2D eigenvalue weighted by Crippen LogP contribution is -2.25. The van der Waals surface area contributed by atoms with Gasteiger partial charge in [0.05, 0.1) is 0 Å². The standard InChI is InChI=1S/C20H24/c1-2-4-12-6-15(5-11(12)3-1)17-10-18-19(20(17)18)16-8-13-7-14(13)9-16/h1-4,13-20H,5-10H2. The molecule has 0 nitrogen and oxygen atoms in total. The first kappa shape index (κ1) is 10.9. The summed E-state index contributed by atoms with van der Waals surface area (Å²) in [7, 11) is 0. The quantitative estimate of drug-likeness (QED) is 0.746. The first-order valence-corrected chi connectivity index (χ1v) is 8.95. The molecule has 0 aromatic heterocycles. The third-order valence-corrected chi connectivity index (χ3v) is 7.84. The second-order valence-corrected chi connectivity index (χ2v) is 8.64. The van der Waals surface area contributed by atoms with E-state index < -0.39 is 0 Å². The van der Waals surface area contributed by atoms with Crippen LogP contribution in [0.1, 0.15) is 36.8 Å². The Morgan fingerprint density at radius 1 is 0.600 bits per heavy atom. The minimum Gasteiger partial charge on any atom is -0.0620 e. The fourth-order valence-electron chi connectivity index (χ4n) is 6.76. The van der Waals surface area contributed by atoms with Crippen LogP contribution >= 0.6 is 0 Å².